The van der Waals surface area contributed by atoms with E-state index in [-0.39, 0.29) is 28.6 Å². The fraction of sp³-hybridized carbons (Fsp3) is 0.760. The van der Waals surface area contributed by atoms with Crippen LogP contribution in [0.15, 0.2) is 12.1 Å². The highest BCUT2D eigenvalue weighted by atomic mass is 16.6. The summed E-state index contributed by atoms with van der Waals surface area (Å²) in [6, 6.07) is 4.47. The summed E-state index contributed by atoms with van der Waals surface area (Å²) in [6.07, 6.45) is 7.38. The van der Waals surface area contributed by atoms with Gasteiger partial charge in [-0.3, -0.25) is 4.90 Å². The zero-order valence-corrected chi connectivity index (χ0v) is 18.1. The van der Waals surface area contributed by atoms with Gasteiger partial charge in [-0.2, -0.15) is 0 Å². The van der Waals surface area contributed by atoms with Gasteiger partial charge in [0.25, 0.3) is 0 Å². The van der Waals surface area contributed by atoms with Crippen LogP contribution in [0.25, 0.3) is 0 Å². The van der Waals surface area contributed by atoms with Crippen molar-refractivity contribution in [3.8, 4) is 11.5 Å². The van der Waals surface area contributed by atoms with Crippen molar-refractivity contribution in [1.29, 1.82) is 0 Å². The molecule has 4 saturated carbocycles. The van der Waals surface area contributed by atoms with Crippen LogP contribution in [0.1, 0.15) is 56.6 Å². The molecule has 2 aliphatic heterocycles. The lowest BCUT2D eigenvalue weighted by Crippen LogP contribution is -2.81. The van der Waals surface area contributed by atoms with E-state index >= 15 is 0 Å². The monoisotopic (exact) mass is 411 g/mol. The van der Waals surface area contributed by atoms with Gasteiger partial charge in [-0.25, -0.2) is 0 Å². The summed E-state index contributed by atoms with van der Waals surface area (Å²) in [7, 11) is 1.81. The Morgan fingerprint density at radius 3 is 2.83 bits per heavy atom. The van der Waals surface area contributed by atoms with Gasteiger partial charge in [0, 0.05) is 42.0 Å². The van der Waals surface area contributed by atoms with Crippen molar-refractivity contribution in [2.24, 2.45) is 17.3 Å². The van der Waals surface area contributed by atoms with Crippen molar-refractivity contribution in [2.45, 2.75) is 81.1 Å². The highest BCUT2D eigenvalue weighted by Gasteiger charge is 2.81. The first-order valence-electron chi connectivity index (χ1n) is 12.0. The maximum atomic E-state index is 10.9. The highest BCUT2D eigenvalue weighted by Crippen LogP contribution is 2.76. The lowest BCUT2D eigenvalue weighted by atomic mass is 9.34. The zero-order chi connectivity index (χ0) is 20.5. The smallest absolute Gasteiger partial charge is 0.165 e. The van der Waals surface area contributed by atoms with Crippen molar-refractivity contribution < 1.29 is 19.7 Å². The van der Waals surface area contributed by atoms with Gasteiger partial charge in [-0.05, 0) is 76.0 Å². The Morgan fingerprint density at radius 1 is 1.27 bits per heavy atom. The highest BCUT2D eigenvalue weighted by molar-refractivity contribution is 5.63. The second kappa shape index (κ2) is 5.54. The molecule has 0 unspecified atom stereocenters. The minimum atomic E-state index is -0.487. The number of likely N-dealkylation sites (tertiary alicyclic amines) is 1. The molecule has 0 aromatic heterocycles. The van der Waals surface area contributed by atoms with Crippen molar-refractivity contribution in [3.63, 3.8) is 0 Å². The van der Waals surface area contributed by atoms with Crippen LogP contribution in [-0.4, -0.2) is 59.2 Å². The van der Waals surface area contributed by atoms with Gasteiger partial charge in [0.1, 0.15) is 11.7 Å². The molecule has 5 heteroatoms. The van der Waals surface area contributed by atoms with Crippen molar-refractivity contribution in [2.75, 3.05) is 20.2 Å². The number of aliphatic hydroxyl groups excluding tert-OH is 1. The first-order valence-corrected chi connectivity index (χ1v) is 12.0. The van der Waals surface area contributed by atoms with Gasteiger partial charge in [0.05, 0.1) is 6.10 Å². The lowest BCUT2D eigenvalue weighted by molar-refractivity contribution is -0.288. The number of benzene rings is 1. The number of methoxy groups -OCH3 is 1. The Bertz CT molecular complexity index is 928. The number of fused-ring (bicyclic) bond motifs is 2. The molecule has 5 nitrogen and oxygen atoms in total. The summed E-state index contributed by atoms with van der Waals surface area (Å²) in [5.41, 5.74) is 2.17. The molecule has 0 radical (unpaired) electrons. The number of hydrogen-bond acceptors (Lipinski definition) is 5. The molecule has 8 rings (SSSR count). The summed E-state index contributed by atoms with van der Waals surface area (Å²) in [5.74, 6) is 1.92. The molecular formula is C25H33NO4. The zero-order valence-electron chi connectivity index (χ0n) is 18.1. The molecule has 5 fully saturated rings. The van der Waals surface area contributed by atoms with Gasteiger partial charge >= 0.3 is 0 Å². The standard InChI is InChI=1S/C25H33NO4/c1-14(27)17-12-23-7-8-25(17,29-2)22-24(23)9-10-26(13-15-3-4-15)19(23)11-16-5-6-18(28)21(30-22)20(16)24/h5-6,14-15,17,19,22,27-28H,3-4,7-13H2,1-2H3/t14-,17+,19+,22+,23+,24-,25+/m0/s1. The molecule has 30 heavy (non-hydrogen) atoms. The number of aromatic hydroxyl groups is 1. The van der Waals surface area contributed by atoms with Crippen LogP contribution in [0.4, 0.5) is 0 Å². The summed E-state index contributed by atoms with van der Waals surface area (Å²) in [4.78, 5) is 2.80. The van der Waals surface area contributed by atoms with Gasteiger partial charge in [0.15, 0.2) is 11.5 Å². The van der Waals surface area contributed by atoms with E-state index in [0.29, 0.717) is 11.8 Å². The van der Waals surface area contributed by atoms with E-state index in [4.69, 9.17) is 9.47 Å². The largest absolute Gasteiger partial charge is 0.504 e. The lowest BCUT2D eigenvalue weighted by Gasteiger charge is -2.74. The van der Waals surface area contributed by atoms with Crippen molar-refractivity contribution >= 4 is 0 Å². The topological polar surface area (TPSA) is 62.2 Å². The van der Waals surface area contributed by atoms with E-state index in [9.17, 15) is 10.2 Å². The Balaban J connectivity index is 1.48. The van der Waals surface area contributed by atoms with Crippen LogP contribution < -0.4 is 4.74 Å². The molecule has 0 amide bonds. The van der Waals surface area contributed by atoms with Gasteiger partial charge in [-0.15, -0.1) is 0 Å². The molecule has 5 aliphatic carbocycles. The molecule has 2 N–H and O–H groups in total. The molecule has 7 aliphatic rings. The Kier molecular flexibility index (Phi) is 3.38. The molecular weight excluding hydrogens is 378 g/mol. The summed E-state index contributed by atoms with van der Waals surface area (Å²) < 4.78 is 13.1. The van der Waals surface area contributed by atoms with Crippen molar-refractivity contribution in [3.05, 3.63) is 23.3 Å². The van der Waals surface area contributed by atoms with Crippen LogP contribution in [0, 0.1) is 17.3 Å². The Morgan fingerprint density at radius 2 is 2.10 bits per heavy atom. The molecule has 1 aromatic rings. The van der Waals surface area contributed by atoms with Crippen LogP contribution in [-0.2, 0) is 16.6 Å². The first kappa shape index (κ1) is 18.3. The third-order valence-electron chi connectivity index (χ3n) is 10.3. The van der Waals surface area contributed by atoms with Crippen LogP contribution in [0.3, 0.4) is 0 Å². The van der Waals surface area contributed by atoms with Gasteiger partial charge < -0.3 is 19.7 Å². The van der Waals surface area contributed by atoms with E-state index in [2.05, 4.69) is 11.0 Å². The Hall–Kier alpha value is -1.30. The minimum Gasteiger partial charge on any atom is -0.504 e. The van der Waals surface area contributed by atoms with E-state index in [1.54, 1.807) is 7.11 Å². The third kappa shape index (κ3) is 1.81. The molecule has 2 spiro atoms. The van der Waals surface area contributed by atoms with Crippen molar-refractivity contribution in [1.82, 2.24) is 4.90 Å². The average molecular weight is 412 g/mol. The number of phenols is 1. The molecule has 1 saturated heterocycles. The molecule has 1 aromatic carbocycles. The van der Waals surface area contributed by atoms with E-state index in [0.717, 1.165) is 44.6 Å². The molecule has 7 atom stereocenters. The van der Waals surface area contributed by atoms with E-state index in [1.165, 1.54) is 30.5 Å². The normalized spacial score (nSPS) is 46.4. The summed E-state index contributed by atoms with van der Waals surface area (Å²) >= 11 is 0. The number of piperidine rings is 1. The maximum absolute atomic E-state index is 10.9. The first-order chi connectivity index (χ1) is 14.5. The molecule has 162 valence electrons. The predicted molar refractivity (Wildman–Crippen MR) is 112 cm³/mol. The number of nitrogens with zero attached hydrogens (tertiary/aromatic N) is 1. The van der Waals surface area contributed by atoms with Crippen LogP contribution in [0.5, 0.6) is 11.5 Å². The predicted octanol–water partition coefficient (Wildman–Crippen LogP) is 3.00. The van der Waals surface area contributed by atoms with Crippen LogP contribution in [0.2, 0.25) is 0 Å². The fourth-order valence-electron chi connectivity index (χ4n) is 9.02. The van der Waals surface area contributed by atoms with E-state index in [1.807, 2.05) is 13.0 Å². The maximum Gasteiger partial charge on any atom is 0.165 e. The summed E-state index contributed by atoms with van der Waals surface area (Å²) in [6.45, 7) is 4.26. The number of hydrogen-bond donors (Lipinski definition) is 2. The SMILES string of the molecule is CO[C@]12CC[C@@]3(C[C@@H]1[C@H](C)O)[C@H]1Cc4ccc(O)c5c4[C@@]3(CCN1CC1CC1)[C@H]2O5. The second-order valence-corrected chi connectivity index (χ2v) is 11.2. The molecule has 2 heterocycles. The molecule has 4 bridgehead atoms. The van der Waals surface area contributed by atoms with Crippen LogP contribution >= 0.6 is 0 Å². The fourth-order valence-corrected chi connectivity index (χ4v) is 9.02. The number of ether oxygens (including phenoxy) is 2. The average Bonchev–Trinajstić information content (AvgIpc) is 3.48. The number of phenolic OH excluding ortho intramolecular Hbond substituents is 1. The quantitative estimate of drug-likeness (QED) is 0.798. The van der Waals surface area contributed by atoms with E-state index < -0.39 is 11.7 Å². The van der Waals surface area contributed by atoms with Gasteiger partial charge in [-0.1, -0.05) is 6.07 Å². The number of aliphatic hydroxyl groups is 1. The second-order valence-electron chi connectivity index (χ2n) is 11.2. The van der Waals surface area contributed by atoms with Gasteiger partial charge in [0.2, 0.25) is 0 Å². The minimum absolute atomic E-state index is 0.0655. The summed E-state index contributed by atoms with van der Waals surface area (Å²) in [5, 5.41) is 21.7. The third-order valence-corrected chi connectivity index (χ3v) is 10.3. The Labute approximate surface area is 178 Å². The number of rotatable bonds is 4.